The Bertz CT molecular complexity index is 809. The zero-order chi connectivity index (χ0) is 16.4. The maximum atomic E-state index is 6.35. The second kappa shape index (κ2) is 6.70. The van der Waals surface area contributed by atoms with E-state index in [0.717, 1.165) is 23.6 Å². The third kappa shape index (κ3) is 3.17. The van der Waals surface area contributed by atoms with Crippen molar-refractivity contribution in [3.63, 3.8) is 0 Å². The Labute approximate surface area is 142 Å². The van der Waals surface area contributed by atoms with Crippen LogP contribution in [0, 0.1) is 5.92 Å². The fourth-order valence-electron chi connectivity index (χ4n) is 3.26. The van der Waals surface area contributed by atoms with Crippen molar-refractivity contribution < 1.29 is 4.74 Å². The first-order valence-electron chi connectivity index (χ1n) is 8.68. The third-order valence-electron chi connectivity index (χ3n) is 4.83. The van der Waals surface area contributed by atoms with Crippen LogP contribution in [-0.4, -0.2) is 16.6 Å². The van der Waals surface area contributed by atoms with Crippen LogP contribution in [0.3, 0.4) is 0 Å². The van der Waals surface area contributed by atoms with Crippen LogP contribution < -0.4 is 0 Å². The van der Waals surface area contributed by atoms with E-state index in [0.29, 0.717) is 0 Å². The molecule has 3 nitrogen and oxygen atoms in total. The van der Waals surface area contributed by atoms with Gasteiger partial charge in [-0.25, -0.2) is 0 Å². The number of benzene rings is 1. The lowest BCUT2D eigenvalue weighted by Crippen LogP contribution is -2.15. The van der Waals surface area contributed by atoms with Gasteiger partial charge in [-0.2, -0.15) is 0 Å². The summed E-state index contributed by atoms with van der Waals surface area (Å²) < 4.78 is 6.35. The Balaban J connectivity index is 1.70. The van der Waals surface area contributed by atoms with Gasteiger partial charge in [0.15, 0.2) is 0 Å². The standard InChI is InChI=1S/C21H22N2O/c1-15(19-8-2-5-17-6-4-12-23-20(17)19)21(24-14-16-9-10-16)18-7-3-11-22-13-18/h2-8,11-13,15-16,21H,9-10,14H2,1H3. The highest BCUT2D eigenvalue weighted by Gasteiger charge is 2.28. The summed E-state index contributed by atoms with van der Waals surface area (Å²) in [6.07, 6.45) is 8.20. The lowest BCUT2D eigenvalue weighted by Gasteiger charge is -2.26. The van der Waals surface area contributed by atoms with Gasteiger partial charge in [-0.1, -0.05) is 37.3 Å². The van der Waals surface area contributed by atoms with E-state index in [4.69, 9.17) is 4.74 Å². The molecule has 24 heavy (non-hydrogen) atoms. The number of ether oxygens (including phenoxy) is 1. The Hall–Kier alpha value is -2.26. The smallest absolute Gasteiger partial charge is 0.0906 e. The van der Waals surface area contributed by atoms with Crippen LogP contribution in [0.2, 0.25) is 0 Å². The van der Waals surface area contributed by atoms with Crippen molar-refractivity contribution in [2.75, 3.05) is 6.61 Å². The number of para-hydroxylation sites is 1. The predicted octanol–water partition coefficient (Wildman–Crippen LogP) is 4.90. The number of rotatable bonds is 6. The summed E-state index contributed by atoms with van der Waals surface area (Å²) in [6.45, 7) is 3.07. The molecule has 0 aliphatic heterocycles. The second-order valence-corrected chi connectivity index (χ2v) is 6.69. The van der Waals surface area contributed by atoms with Crippen LogP contribution in [0.15, 0.2) is 61.1 Å². The molecule has 1 fully saturated rings. The number of aromatic nitrogens is 2. The van der Waals surface area contributed by atoms with Gasteiger partial charge in [0.1, 0.15) is 0 Å². The lowest BCUT2D eigenvalue weighted by atomic mass is 9.89. The Kier molecular flexibility index (Phi) is 4.26. The molecule has 1 aromatic carbocycles. The lowest BCUT2D eigenvalue weighted by molar-refractivity contribution is 0.0298. The summed E-state index contributed by atoms with van der Waals surface area (Å²) in [5, 5.41) is 1.17. The average Bonchev–Trinajstić information content (AvgIpc) is 3.46. The van der Waals surface area contributed by atoms with Crippen molar-refractivity contribution in [2.24, 2.45) is 5.92 Å². The summed E-state index contributed by atoms with van der Waals surface area (Å²) >= 11 is 0. The fraction of sp³-hybridized carbons (Fsp3) is 0.333. The number of hydrogen-bond donors (Lipinski definition) is 0. The summed E-state index contributed by atoms with van der Waals surface area (Å²) in [5.74, 6) is 0.952. The molecule has 0 N–H and O–H groups in total. The summed E-state index contributed by atoms with van der Waals surface area (Å²) in [7, 11) is 0. The highest BCUT2D eigenvalue weighted by atomic mass is 16.5. The van der Waals surface area contributed by atoms with Gasteiger partial charge in [-0.3, -0.25) is 9.97 Å². The molecule has 1 aliphatic carbocycles. The van der Waals surface area contributed by atoms with Crippen molar-refractivity contribution >= 4 is 10.9 Å². The molecule has 0 amide bonds. The number of fused-ring (bicyclic) bond motifs is 1. The maximum absolute atomic E-state index is 6.35. The van der Waals surface area contributed by atoms with Crippen molar-refractivity contribution in [2.45, 2.75) is 31.8 Å². The van der Waals surface area contributed by atoms with Crippen LogP contribution in [0.5, 0.6) is 0 Å². The molecular weight excluding hydrogens is 296 g/mol. The Morgan fingerprint density at radius 3 is 2.71 bits per heavy atom. The van der Waals surface area contributed by atoms with Gasteiger partial charge >= 0.3 is 0 Å². The minimum absolute atomic E-state index is 0.00639. The van der Waals surface area contributed by atoms with Gasteiger partial charge in [0.2, 0.25) is 0 Å². The first kappa shape index (κ1) is 15.3. The highest BCUT2D eigenvalue weighted by molar-refractivity contribution is 5.82. The van der Waals surface area contributed by atoms with E-state index < -0.39 is 0 Å². The molecule has 2 aromatic heterocycles. The van der Waals surface area contributed by atoms with E-state index in [1.54, 1.807) is 0 Å². The van der Waals surface area contributed by atoms with E-state index in [1.807, 2.05) is 30.7 Å². The van der Waals surface area contributed by atoms with E-state index in [9.17, 15) is 0 Å². The molecule has 0 saturated heterocycles. The molecule has 1 aliphatic rings. The Morgan fingerprint density at radius 1 is 1.08 bits per heavy atom. The maximum Gasteiger partial charge on any atom is 0.0906 e. The number of hydrogen-bond acceptors (Lipinski definition) is 3. The van der Waals surface area contributed by atoms with Gasteiger partial charge in [0, 0.05) is 29.9 Å². The molecule has 3 heteroatoms. The first-order valence-corrected chi connectivity index (χ1v) is 8.68. The van der Waals surface area contributed by atoms with E-state index >= 15 is 0 Å². The molecule has 122 valence electrons. The molecular formula is C21H22N2O. The van der Waals surface area contributed by atoms with E-state index in [1.165, 1.54) is 23.8 Å². The van der Waals surface area contributed by atoms with Gasteiger partial charge < -0.3 is 4.74 Å². The molecule has 4 rings (SSSR count). The van der Waals surface area contributed by atoms with Crippen LogP contribution in [0.4, 0.5) is 0 Å². The van der Waals surface area contributed by atoms with Gasteiger partial charge in [0.05, 0.1) is 18.2 Å². The molecule has 3 aromatic rings. The van der Waals surface area contributed by atoms with Crippen molar-refractivity contribution in [3.05, 3.63) is 72.2 Å². The topological polar surface area (TPSA) is 35.0 Å². The summed E-state index contributed by atoms with van der Waals surface area (Å²) in [6, 6.07) is 14.6. The van der Waals surface area contributed by atoms with Crippen molar-refractivity contribution in [3.8, 4) is 0 Å². The van der Waals surface area contributed by atoms with Crippen LogP contribution in [-0.2, 0) is 4.74 Å². The molecule has 1 saturated carbocycles. The Morgan fingerprint density at radius 2 is 1.92 bits per heavy atom. The van der Waals surface area contributed by atoms with Crippen molar-refractivity contribution in [1.29, 1.82) is 0 Å². The fourth-order valence-corrected chi connectivity index (χ4v) is 3.26. The van der Waals surface area contributed by atoms with Crippen LogP contribution in [0.25, 0.3) is 10.9 Å². The molecule has 0 spiro atoms. The molecule has 0 bridgehead atoms. The summed E-state index contributed by atoms with van der Waals surface area (Å²) in [5.41, 5.74) is 3.44. The first-order chi connectivity index (χ1) is 11.8. The highest BCUT2D eigenvalue weighted by Crippen LogP contribution is 2.38. The monoisotopic (exact) mass is 318 g/mol. The summed E-state index contributed by atoms with van der Waals surface area (Å²) in [4.78, 5) is 8.91. The molecule has 2 heterocycles. The van der Waals surface area contributed by atoms with Crippen LogP contribution >= 0.6 is 0 Å². The van der Waals surface area contributed by atoms with Crippen LogP contribution in [0.1, 0.15) is 42.9 Å². The second-order valence-electron chi connectivity index (χ2n) is 6.69. The third-order valence-corrected chi connectivity index (χ3v) is 4.83. The van der Waals surface area contributed by atoms with E-state index in [-0.39, 0.29) is 12.0 Å². The molecule has 2 unspecified atom stereocenters. The van der Waals surface area contributed by atoms with E-state index in [2.05, 4.69) is 47.2 Å². The minimum atomic E-state index is 0.00639. The van der Waals surface area contributed by atoms with Gasteiger partial charge in [-0.05, 0) is 42.0 Å². The normalized spacial score (nSPS) is 16.9. The van der Waals surface area contributed by atoms with Crippen molar-refractivity contribution in [1.82, 2.24) is 9.97 Å². The molecule has 0 radical (unpaired) electrons. The van der Waals surface area contributed by atoms with Gasteiger partial charge in [0.25, 0.3) is 0 Å². The van der Waals surface area contributed by atoms with Gasteiger partial charge in [-0.15, -0.1) is 0 Å². The average molecular weight is 318 g/mol. The largest absolute Gasteiger partial charge is 0.373 e. The zero-order valence-corrected chi connectivity index (χ0v) is 13.9. The zero-order valence-electron chi connectivity index (χ0n) is 13.9. The minimum Gasteiger partial charge on any atom is -0.373 e. The number of pyridine rings is 2. The molecule has 2 atom stereocenters. The SMILES string of the molecule is CC(c1cccc2cccnc12)C(OCC1CC1)c1cccnc1. The number of nitrogens with zero attached hydrogens (tertiary/aromatic N) is 2. The quantitative estimate of drug-likeness (QED) is 0.648. The predicted molar refractivity (Wildman–Crippen MR) is 95.8 cm³/mol.